The largest absolute Gasteiger partial charge is 0.380 e. The molecule has 0 aromatic carbocycles. The molecule has 0 saturated carbocycles. The third-order valence-corrected chi connectivity index (χ3v) is 4.84. The van der Waals surface area contributed by atoms with Gasteiger partial charge in [-0.25, -0.2) is 0 Å². The second-order valence-corrected chi connectivity index (χ2v) is 6.20. The Kier molecular flexibility index (Phi) is 3.68. The van der Waals surface area contributed by atoms with Gasteiger partial charge in [0.1, 0.15) is 6.29 Å². The maximum absolute atomic E-state index is 11.4. The average Bonchev–Trinajstić information content (AvgIpc) is 2.88. The molecule has 4 heteroatoms. The second kappa shape index (κ2) is 5.27. The van der Waals surface area contributed by atoms with Crippen molar-refractivity contribution >= 4 is 6.29 Å². The van der Waals surface area contributed by atoms with Crippen LogP contribution >= 0.6 is 0 Å². The van der Waals surface area contributed by atoms with Crippen molar-refractivity contribution in [2.45, 2.75) is 31.7 Å². The summed E-state index contributed by atoms with van der Waals surface area (Å²) in [7, 11) is 0. The van der Waals surface area contributed by atoms with Crippen molar-refractivity contribution in [3.63, 3.8) is 0 Å². The number of carbonyl (C=O) groups is 1. The molecule has 102 valence electrons. The lowest BCUT2D eigenvalue weighted by atomic mass is 9.87. The van der Waals surface area contributed by atoms with Gasteiger partial charge in [-0.3, -0.25) is 9.80 Å². The van der Waals surface area contributed by atoms with Gasteiger partial charge < -0.3 is 9.53 Å². The van der Waals surface area contributed by atoms with E-state index in [-0.39, 0.29) is 5.41 Å². The van der Waals surface area contributed by atoms with E-state index in [2.05, 4.69) is 9.80 Å². The van der Waals surface area contributed by atoms with Crippen LogP contribution in [0, 0.1) is 5.41 Å². The van der Waals surface area contributed by atoms with E-state index in [4.69, 9.17) is 4.74 Å². The van der Waals surface area contributed by atoms with Crippen molar-refractivity contribution in [3.8, 4) is 0 Å². The maximum Gasteiger partial charge on any atom is 0.129 e. The Balaban J connectivity index is 1.58. The Morgan fingerprint density at radius 3 is 3.00 bits per heavy atom. The van der Waals surface area contributed by atoms with Crippen LogP contribution in [-0.2, 0) is 9.53 Å². The van der Waals surface area contributed by atoms with Crippen LogP contribution in [0.5, 0.6) is 0 Å². The lowest BCUT2D eigenvalue weighted by Gasteiger charge is -2.45. The van der Waals surface area contributed by atoms with Gasteiger partial charge in [0.15, 0.2) is 0 Å². The molecule has 3 aliphatic heterocycles. The smallest absolute Gasteiger partial charge is 0.129 e. The molecule has 3 saturated heterocycles. The molecule has 0 amide bonds. The van der Waals surface area contributed by atoms with E-state index < -0.39 is 0 Å². The topological polar surface area (TPSA) is 32.8 Å². The molecule has 0 N–H and O–H groups in total. The molecule has 0 spiro atoms. The Morgan fingerprint density at radius 2 is 2.22 bits per heavy atom. The van der Waals surface area contributed by atoms with Gasteiger partial charge in [0.05, 0.1) is 12.0 Å². The highest BCUT2D eigenvalue weighted by Gasteiger charge is 2.38. The normalized spacial score (nSPS) is 38.6. The highest BCUT2D eigenvalue weighted by molar-refractivity contribution is 5.60. The minimum atomic E-state index is -0.211. The first-order valence-corrected chi connectivity index (χ1v) is 7.32. The minimum Gasteiger partial charge on any atom is -0.380 e. The molecule has 3 aliphatic rings. The van der Waals surface area contributed by atoms with Crippen molar-refractivity contribution < 1.29 is 9.53 Å². The van der Waals surface area contributed by atoms with Gasteiger partial charge in [0.25, 0.3) is 0 Å². The van der Waals surface area contributed by atoms with Gasteiger partial charge in [-0.2, -0.15) is 0 Å². The SMILES string of the molecule is O=CC1(CN2CCN3CCCCC3C2)CCOC1. The number of nitrogens with zero attached hydrogens (tertiary/aromatic N) is 2. The van der Waals surface area contributed by atoms with Gasteiger partial charge in [-0.15, -0.1) is 0 Å². The summed E-state index contributed by atoms with van der Waals surface area (Å²) in [5.41, 5.74) is -0.211. The number of piperidine rings is 1. The summed E-state index contributed by atoms with van der Waals surface area (Å²) >= 11 is 0. The zero-order valence-electron chi connectivity index (χ0n) is 11.1. The maximum atomic E-state index is 11.4. The second-order valence-electron chi connectivity index (χ2n) is 6.20. The molecular weight excluding hydrogens is 228 g/mol. The molecule has 0 aromatic heterocycles. The van der Waals surface area contributed by atoms with Crippen LogP contribution in [0.25, 0.3) is 0 Å². The summed E-state index contributed by atoms with van der Waals surface area (Å²) in [6.07, 6.45) is 6.12. The summed E-state index contributed by atoms with van der Waals surface area (Å²) in [4.78, 5) is 16.5. The number of carbonyl (C=O) groups excluding carboxylic acids is 1. The number of ether oxygens (including phenoxy) is 1. The average molecular weight is 252 g/mol. The van der Waals surface area contributed by atoms with Gasteiger partial charge in [0, 0.05) is 38.8 Å². The van der Waals surface area contributed by atoms with E-state index in [1.165, 1.54) is 32.4 Å². The molecule has 0 aromatic rings. The predicted molar refractivity (Wildman–Crippen MR) is 69.6 cm³/mol. The van der Waals surface area contributed by atoms with Crippen LogP contribution < -0.4 is 0 Å². The zero-order chi connectivity index (χ0) is 12.4. The fourth-order valence-corrected chi connectivity index (χ4v) is 3.69. The number of hydrogen-bond donors (Lipinski definition) is 0. The molecule has 2 unspecified atom stereocenters. The highest BCUT2D eigenvalue weighted by atomic mass is 16.5. The molecule has 2 atom stereocenters. The number of piperazine rings is 1. The van der Waals surface area contributed by atoms with Crippen molar-refractivity contribution in [1.82, 2.24) is 9.80 Å². The van der Waals surface area contributed by atoms with E-state index in [1.54, 1.807) is 0 Å². The van der Waals surface area contributed by atoms with E-state index in [9.17, 15) is 4.79 Å². The molecule has 0 radical (unpaired) electrons. The molecule has 18 heavy (non-hydrogen) atoms. The predicted octanol–water partition coefficient (Wildman–Crippen LogP) is 0.762. The van der Waals surface area contributed by atoms with E-state index in [1.807, 2.05) is 0 Å². The third-order valence-electron chi connectivity index (χ3n) is 4.84. The molecule has 0 bridgehead atoms. The van der Waals surface area contributed by atoms with Crippen molar-refractivity contribution in [2.75, 3.05) is 45.9 Å². The van der Waals surface area contributed by atoms with Gasteiger partial charge in [-0.1, -0.05) is 6.42 Å². The summed E-state index contributed by atoms with van der Waals surface area (Å²) in [5.74, 6) is 0. The summed E-state index contributed by atoms with van der Waals surface area (Å²) < 4.78 is 5.43. The summed E-state index contributed by atoms with van der Waals surface area (Å²) in [6.45, 7) is 7.01. The number of aldehydes is 1. The van der Waals surface area contributed by atoms with Gasteiger partial charge in [0.2, 0.25) is 0 Å². The van der Waals surface area contributed by atoms with Crippen LogP contribution in [0.4, 0.5) is 0 Å². The van der Waals surface area contributed by atoms with Crippen LogP contribution in [0.15, 0.2) is 0 Å². The van der Waals surface area contributed by atoms with Crippen LogP contribution in [0.3, 0.4) is 0 Å². The Bertz CT molecular complexity index is 302. The van der Waals surface area contributed by atoms with Gasteiger partial charge >= 0.3 is 0 Å². The number of fused-ring (bicyclic) bond motifs is 1. The molecular formula is C14H24N2O2. The first kappa shape index (κ1) is 12.6. The van der Waals surface area contributed by atoms with Crippen LogP contribution in [0.1, 0.15) is 25.7 Å². The van der Waals surface area contributed by atoms with Crippen LogP contribution in [0.2, 0.25) is 0 Å². The fraction of sp³-hybridized carbons (Fsp3) is 0.929. The molecule has 3 fully saturated rings. The molecule has 0 aliphatic carbocycles. The lowest BCUT2D eigenvalue weighted by Crippen LogP contribution is -2.56. The van der Waals surface area contributed by atoms with E-state index in [0.717, 1.165) is 45.0 Å². The first-order chi connectivity index (χ1) is 8.81. The number of hydrogen-bond acceptors (Lipinski definition) is 4. The van der Waals surface area contributed by atoms with Crippen LogP contribution in [-0.4, -0.2) is 68.1 Å². The third kappa shape index (κ3) is 2.46. The highest BCUT2D eigenvalue weighted by Crippen LogP contribution is 2.29. The Morgan fingerprint density at radius 1 is 1.28 bits per heavy atom. The van der Waals surface area contributed by atoms with E-state index >= 15 is 0 Å². The van der Waals surface area contributed by atoms with Crippen molar-refractivity contribution in [3.05, 3.63) is 0 Å². The Hall–Kier alpha value is -0.450. The lowest BCUT2D eigenvalue weighted by molar-refractivity contribution is -0.118. The van der Waals surface area contributed by atoms with Gasteiger partial charge in [-0.05, 0) is 25.8 Å². The molecule has 4 nitrogen and oxygen atoms in total. The first-order valence-electron chi connectivity index (χ1n) is 7.32. The monoisotopic (exact) mass is 252 g/mol. The Labute approximate surface area is 109 Å². The van der Waals surface area contributed by atoms with E-state index in [0.29, 0.717) is 6.61 Å². The molecule has 3 rings (SSSR count). The fourth-order valence-electron chi connectivity index (χ4n) is 3.69. The zero-order valence-corrected chi connectivity index (χ0v) is 11.1. The molecule has 3 heterocycles. The quantitative estimate of drug-likeness (QED) is 0.694. The number of rotatable bonds is 3. The minimum absolute atomic E-state index is 0.211. The van der Waals surface area contributed by atoms with Crippen molar-refractivity contribution in [2.24, 2.45) is 5.41 Å². The van der Waals surface area contributed by atoms with Crippen molar-refractivity contribution in [1.29, 1.82) is 0 Å². The summed E-state index contributed by atoms with van der Waals surface area (Å²) in [6, 6.07) is 0.735. The summed E-state index contributed by atoms with van der Waals surface area (Å²) in [5, 5.41) is 0. The standard InChI is InChI=1S/C14H24N2O2/c17-11-14(4-8-18-12-14)10-15-6-7-16-5-2-1-3-13(16)9-15/h11,13H,1-10,12H2.